The lowest BCUT2D eigenvalue weighted by atomic mass is 9.84. The number of nitrogens with zero attached hydrogens (tertiary/aromatic N) is 2. The second-order valence-electron chi connectivity index (χ2n) is 9.47. The van der Waals surface area contributed by atoms with Gasteiger partial charge in [-0.25, -0.2) is 4.79 Å². The molecule has 4 aliphatic heterocycles. The molecule has 5 heteroatoms. The molecule has 31 heavy (non-hydrogen) atoms. The topological polar surface area (TPSA) is 44.8 Å². The molecule has 3 fully saturated rings. The minimum atomic E-state index is -0.0702. The lowest BCUT2D eigenvalue weighted by Gasteiger charge is -2.46. The first-order valence-corrected chi connectivity index (χ1v) is 11.7. The molecule has 2 bridgehead atoms. The molecule has 0 saturated carbocycles. The second kappa shape index (κ2) is 8.54. The summed E-state index contributed by atoms with van der Waals surface area (Å²) < 4.78 is 5.83. The van der Waals surface area contributed by atoms with Gasteiger partial charge in [-0.15, -0.1) is 0 Å². The molecule has 0 spiro atoms. The third kappa shape index (κ3) is 4.16. The lowest BCUT2D eigenvalue weighted by Crippen LogP contribution is -2.59. The van der Waals surface area contributed by atoms with Crippen molar-refractivity contribution in [2.75, 3.05) is 26.2 Å². The Bertz CT molecular complexity index is 919. The Morgan fingerprint density at radius 1 is 1.03 bits per heavy atom. The molecule has 164 valence electrons. The van der Waals surface area contributed by atoms with Crippen molar-refractivity contribution in [3.05, 3.63) is 65.2 Å². The van der Waals surface area contributed by atoms with Gasteiger partial charge in [-0.05, 0) is 80.9 Å². The summed E-state index contributed by atoms with van der Waals surface area (Å²) >= 11 is 0. The van der Waals surface area contributed by atoms with E-state index in [9.17, 15) is 4.79 Å². The number of carbonyl (C=O) groups excluding carboxylic acids is 1. The number of hydrogen-bond donors (Lipinski definition) is 1. The van der Waals surface area contributed by atoms with Crippen LogP contribution in [0.5, 0.6) is 5.75 Å². The monoisotopic (exact) mass is 419 g/mol. The minimum absolute atomic E-state index is 0.0701. The van der Waals surface area contributed by atoms with Crippen LogP contribution < -0.4 is 10.1 Å². The molecule has 0 aliphatic carbocycles. The van der Waals surface area contributed by atoms with Crippen molar-refractivity contribution >= 4 is 6.03 Å². The fourth-order valence-corrected chi connectivity index (χ4v) is 5.52. The smallest absolute Gasteiger partial charge is 0.318 e. The van der Waals surface area contributed by atoms with Gasteiger partial charge in [-0.1, -0.05) is 36.4 Å². The first kappa shape index (κ1) is 20.4. The lowest BCUT2D eigenvalue weighted by molar-refractivity contribution is 0.0715. The normalized spacial score (nSPS) is 27.1. The van der Waals surface area contributed by atoms with Crippen LogP contribution in [0.15, 0.2) is 48.5 Å². The van der Waals surface area contributed by atoms with Gasteiger partial charge >= 0.3 is 6.03 Å². The first-order valence-electron chi connectivity index (χ1n) is 11.7. The fourth-order valence-electron chi connectivity index (χ4n) is 5.52. The Morgan fingerprint density at radius 2 is 1.77 bits per heavy atom. The molecule has 2 aromatic rings. The molecule has 6 rings (SSSR count). The number of amides is 2. The molecule has 4 heterocycles. The molecule has 0 aromatic heterocycles. The molecule has 1 N–H and O–H groups in total. The van der Waals surface area contributed by atoms with E-state index >= 15 is 0 Å². The largest absolute Gasteiger partial charge is 0.491 e. The van der Waals surface area contributed by atoms with Crippen molar-refractivity contribution in [1.29, 1.82) is 0 Å². The standard InChI is InChI=1S/C26H33N3O2/c1-18(2)31-22-9-7-21(8-10-22)25-23-6-4-3-5-19(23)13-16-29(25)26(30)27-24-17-28-14-11-20(24)12-15-28/h3-10,18,20,24-25H,11-17H2,1-2H3,(H,27,30)/t24-,25?/m1/s1. The summed E-state index contributed by atoms with van der Waals surface area (Å²) in [5.74, 6) is 1.49. The summed E-state index contributed by atoms with van der Waals surface area (Å²) in [5.41, 5.74) is 3.70. The molecular weight excluding hydrogens is 386 g/mol. The van der Waals surface area contributed by atoms with E-state index in [0.717, 1.165) is 30.8 Å². The maximum Gasteiger partial charge on any atom is 0.318 e. The van der Waals surface area contributed by atoms with Gasteiger partial charge in [0.1, 0.15) is 5.75 Å². The highest BCUT2D eigenvalue weighted by Gasteiger charge is 2.38. The van der Waals surface area contributed by atoms with E-state index in [1.54, 1.807) is 0 Å². The van der Waals surface area contributed by atoms with Crippen LogP contribution in [-0.2, 0) is 6.42 Å². The summed E-state index contributed by atoms with van der Waals surface area (Å²) in [7, 11) is 0. The molecule has 4 aliphatic rings. The van der Waals surface area contributed by atoms with Crippen LogP contribution in [0.3, 0.4) is 0 Å². The van der Waals surface area contributed by atoms with Crippen LogP contribution in [0.4, 0.5) is 4.79 Å². The van der Waals surface area contributed by atoms with Crippen LogP contribution in [-0.4, -0.2) is 54.2 Å². The van der Waals surface area contributed by atoms with Crippen LogP contribution in [0, 0.1) is 5.92 Å². The van der Waals surface area contributed by atoms with Crippen molar-refractivity contribution in [3.8, 4) is 5.75 Å². The van der Waals surface area contributed by atoms with E-state index in [0.29, 0.717) is 5.92 Å². The van der Waals surface area contributed by atoms with Crippen LogP contribution >= 0.6 is 0 Å². The Labute approximate surface area is 185 Å². The Kier molecular flexibility index (Phi) is 5.61. The molecule has 3 saturated heterocycles. The van der Waals surface area contributed by atoms with Gasteiger partial charge in [0, 0.05) is 19.1 Å². The summed E-state index contributed by atoms with van der Waals surface area (Å²) in [4.78, 5) is 18.0. The van der Waals surface area contributed by atoms with E-state index in [1.165, 1.54) is 37.1 Å². The van der Waals surface area contributed by atoms with Gasteiger partial charge in [0.05, 0.1) is 12.1 Å². The van der Waals surface area contributed by atoms with Gasteiger partial charge in [-0.2, -0.15) is 0 Å². The third-order valence-electron chi connectivity index (χ3n) is 7.08. The number of carbonyl (C=O) groups is 1. The molecule has 1 unspecified atom stereocenters. The number of ether oxygens (including phenoxy) is 1. The Balaban J connectivity index is 1.41. The number of rotatable bonds is 4. The molecule has 2 amide bonds. The molecular formula is C26H33N3O2. The highest BCUT2D eigenvalue weighted by molar-refractivity contribution is 5.76. The Morgan fingerprint density at radius 3 is 2.45 bits per heavy atom. The third-order valence-corrected chi connectivity index (χ3v) is 7.08. The van der Waals surface area contributed by atoms with Gasteiger partial charge in [0.15, 0.2) is 0 Å². The van der Waals surface area contributed by atoms with Crippen molar-refractivity contribution in [2.45, 2.75) is 51.3 Å². The summed E-state index contributed by atoms with van der Waals surface area (Å²) in [6.07, 6.45) is 3.45. The molecule has 0 radical (unpaired) electrons. The van der Waals surface area contributed by atoms with Gasteiger partial charge in [0.2, 0.25) is 0 Å². The molecule has 5 nitrogen and oxygen atoms in total. The first-order chi connectivity index (χ1) is 15.1. The average molecular weight is 420 g/mol. The van der Waals surface area contributed by atoms with Gasteiger partial charge in [-0.3, -0.25) is 0 Å². The predicted molar refractivity (Wildman–Crippen MR) is 122 cm³/mol. The number of urea groups is 1. The van der Waals surface area contributed by atoms with E-state index in [1.807, 2.05) is 30.9 Å². The highest BCUT2D eigenvalue weighted by atomic mass is 16.5. The van der Waals surface area contributed by atoms with Crippen LogP contribution in [0.2, 0.25) is 0 Å². The van der Waals surface area contributed by atoms with E-state index < -0.39 is 0 Å². The molecule has 2 aromatic carbocycles. The van der Waals surface area contributed by atoms with Gasteiger partial charge in [0.25, 0.3) is 0 Å². The average Bonchev–Trinajstić information content (AvgIpc) is 2.79. The van der Waals surface area contributed by atoms with E-state index in [4.69, 9.17) is 4.74 Å². The Hall–Kier alpha value is -2.53. The number of fused-ring (bicyclic) bond motifs is 4. The summed E-state index contributed by atoms with van der Waals surface area (Å²) in [6.45, 7) is 8.16. The summed E-state index contributed by atoms with van der Waals surface area (Å²) in [6, 6.07) is 17.1. The fraction of sp³-hybridized carbons (Fsp3) is 0.500. The van der Waals surface area contributed by atoms with Crippen molar-refractivity contribution in [3.63, 3.8) is 0 Å². The van der Waals surface area contributed by atoms with Crippen LogP contribution in [0.1, 0.15) is 49.4 Å². The second-order valence-corrected chi connectivity index (χ2v) is 9.47. The zero-order chi connectivity index (χ0) is 21.4. The zero-order valence-corrected chi connectivity index (χ0v) is 18.6. The van der Waals surface area contributed by atoms with Crippen molar-refractivity contribution in [2.24, 2.45) is 5.92 Å². The SMILES string of the molecule is CC(C)Oc1ccc(C2c3ccccc3CCN2C(=O)N[C@@H]2CN3CCC2CC3)cc1. The summed E-state index contributed by atoms with van der Waals surface area (Å²) in [5, 5.41) is 3.41. The maximum absolute atomic E-state index is 13.5. The quantitative estimate of drug-likeness (QED) is 0.807. The highest BCUT2D eigenvalue weighted by Crippen LogP contribution is 2.36. The predicted octanol–water partition coefficient (Wildman–Crippen LogP) is 4.23. The number of hydrogen-bond acceptors (Lipinski definition) is 3. The van der Waals surface area contributed by atoms with Crippen molar-refractivity contribution in [1.82, 2.24) is 15.1 Å². The van der Waals surface area contributed by atoms with E-state index in [-0.39, 0.29) is 24.2 Å². The molecule has 2 atom stereocenters. The maximum atomic E-state index is 13.5. The minimum Gasteiger partial charge on any atom is -0.491 e. The zero-order valence-electron chi connectivity index (χ0n) is 18.6. The number of piperidine rings is 3. The number of nitrogens with one attached hydrogen (secondary N) is 1. The van der Waals surface area contributed by atoms with Gasteiger partial charge < -0.3 is 19.9 Å². The van der Waals surface area contributed by atoms with E-state index in [2.05, 4.69) is 46.6 Å². The van der Waals surface area contributed by atoms with Crippen molar-refractivity contribution < 1.29 is 9.53 Å². The van der Waals surface area contributed by atoms with Crippen LogP contribution in [0.25, 0.3) is 0 Å². The number of benzene rings is 2.